The van der Waals surface area contributed by atoms with Gasteiger partial charge in [-0.1, -0.05) is 12.1 Å². The molecule has 0 saturated carbocycles. The van der Waals surface area contributed by atoms with Gasteiger partial charge in [-0.25, -0.2) is 9.59 Å². The topological polar surface area (TPSA) is 98.6 Å². The van der Waals surface area contributed by atoms with Crippen LogP contribution < -0.4 is 10.1 Å². The van der Waals surface area contributed by atoms with Gasteiger partial charge in [-0.3, -0.25) is 4.90 Å². The normalized spacial score (nSPS) is 18.8. The number of hydrogen-bond donors (Lipinski definition) is 1. The molecule has 29 heavy (non-hydrogen) atoms. The van der Waals surface area contributed by atoms with Gasteiger partial charge >= 0.3 is 12.0 Å². The van der Waals surface area contributed by atoms with Crippen molar-refractivity contribution in [1.29, 1.82) is 0 Å². The highest BCUT2D eigenvalue weighted by Crippen LogP contribution is 2.36. The predicted molar refractivity (Wildman–Crippen MR) is 103 cm³/mol. The van der Waals surface area contributed by atoms with E-state index < -0.39 is 12.0 Å². The van der Waals surface area contributed by atoms with Crippen LogP contribution in [0.3, 0.4) is 0 Å². The van der Waals surface area contributed by atoms with Crippen molar-refractivity contribution in [3.63, 3.8) is 0 Å². The lowest BCUT2D eigenvalue weighted by molar-refractivity contribution is -0.136. The Kier molecular flexibility index (Phi) is 4.96. The summed E-state index contributed by atoms with van der Waals surface area (Å²) in [4.78, 5) is 26.9. The summed E-state index contributed by atoms with van der Waals surface area (Å²) in [6.45, 7) is 6.77. The average molecular weight is 397 g/mol. The smallest absolute Gasteiger partial charge is 0.338 e. The molecule has 2 aliphatic heterocycles. The summed E-state index contributed by atoms with van der Waals surface area (Å²) < 4.78 is 12.6. The molecule has 2 aliphatic rings. The highest BCUT2D eigenvalue weighted by Gasteiger charge is 2.42. The van der Waals surface area contributed by atoms with Gasteiger partial charge in [0.25, 0.3) is 0 Å². The van der Waals surface area contributed by atoms with E-state index in [1.807, 2.05) is 49.6 Å². The standard InChI is InChI=1S/C20H23N5O4/c1-4-28-14-7-5-13(6-8-14)18-17-15(10-29-19(17)26)24(20(27)22-18)9-16-23-21-11-25(16)12(2)3/h5-8,11-12,18H,4,9-10H2,1-3H3,(H,22,27)/t18-/m1/s1. The lowest BCUT2D eigenvalue weighted by Crippen LogP contribution is -2.47. The van der Waals surface area contributed by atoms with Gasteiger partial charge in [0.05, 0.1) is 30.5 Å². The molecule has 1 aromatic carbocycles. The van der Waals surface area contributed by atoms with Crippen molar-refractivity contribution in [3.8, 4) is 5.75 Å². The molecular weight excluding hydrogens is 374 g/mol. The molecule has 4 rings (SSSR count). The Balaban J connectivity index is 1.67. The molecule has 0 aliphatic carbocycles. The fourth-order valence-corrected chi connectivity index (χ4v) is 3.60. The van der Waals surface area contributed by atoms with Crippen LogP contribution in [0.15, 0.2) is 41.9 Å². The van der Waals surface area contributed by atoms with Gasteiger partial charge in [0.1, 0.15) is 18.7 Å². The minimum absolute atomic E-state index is 0.0604. The number of carbonyl (C=O) groups is 2. The van der Waals surface area contributed by atoms with Gasteiger partial charge < -0.3 is 19.4 Å². The molecule has 0 saturated heterocycles. The molecule has 1 aromatic heterocycles. The number of aromatic nitrogens is 3. The molecule has 1 N–H and O–H groups in total. The van der Waals surface area contributed by atoms with E-state index in [0.717, 1.165) is 11.3 Å². The largest absolute Gasteiger partial charge is 0.494 e. The minimum Gasteiger partial charge on any atom is -0.494 e. The number of urea groups is 1. The first-order valence-electron chi connectivity index (χ1n) is 9.59. The second-order valence-corrected chi connectivity index (χ2v) is 7.16. The second-order valence-electron chi connectivity index (χ2n) is 7.16. The summed E-state index contributed by atoms with van der Waals surface area (Å²) in [6.07, 6.45) is 1.64. The van der Waals surface area contributed by atoms with Crippen LogP contribution in [0.1, 0.15) is 44.2 Å². The Morgan fingerprint density at radius 1 is 1.28 bits per heavy atom. The lowest BCUT2D eigenvalue weighted by Gasteiger charge is -2.32. The SMILES string of the molecule is CCOc1ccc([C@H]2NC(=O)N(Cc3nncn3C(C)C)C3=C2C(=O)OC3)cc1. The zero-order valence-corrected chi connectivity index (χ0v) is 16.6. The zero-order chi connectivity index (χ0) is 20.5. The van der Waals surface area contributed by atoms with Crippen molar-refractivity contribution < 1.29 is 19.1 Å². The molecule has 3 heterocycles. The van der Waals surface area contributed by atoms with Crippen LogP contribution in [0.2, 0.25) is 0 Å². The van der Waals surface area contributed by atoms with Gasteiger partial charge in [-0.05, 0) is 38.5 Å². The third-order valence-corrected chi connectivity index (χ3v) is 5.03. The number of rotatable bonds is 6. The number of ether oxygens (including phenoxy) is 2. The van der Waals surface area contributed by atoms with Gasteiger partial charge in [-0.2, -0.15) is 0 Å². The molecule has 0 bridgehead atoms. The van der Waals surface area contributed by atoms with Crippen LogP contribution in [0, 0.1) is 0 Å². The molecule has 0 spiro atoms. The van der Waals surface area contributed by atoms with Gasteiger partial charge in [0.15, 0.2) is 5.82 Å². The summed E-state index contributed by atoms with van der Waals surface area (Å²) >= 11 is 0. The van der Waals surface area contributed by atoms with E-state index in [9.17, 15) is 9.59 Å². The summed E-state index contributed by atoms with van der Waals surface area (Å²) in [5.41, 5.74) is 1.80. The van der Waals surface area contributed by atoms with E-state index in [1.165, 1.54) is 4.90 Å². The number of esters is 1. The number of carbonyl (C=O) groups excluding carboxylic acids is 2. The minimum atomic E-state index is -0.567. The lowest BCUT2D eigenvalue weighted by atomic mass is 9.95. The second kappa shape index (κ2) is 7.57. The molecule has 0 fully saturated rings. The van der Waals surface area contributed by atoms with Gasteiger partial charge in [-0.15, -0.1) is 10.2 Å². The molecule has 2 aromatic rings. The Morgan fingerprint density at radius 2 is 2.03 bits per heavy atom. The van der Waals surface area contributed by atoms with Crippen molar-refractivity contribution in [1.82, 2.24) is 25.0 Å². The maximum absolute atomic E-state index is 12.9. The third-order valence-electron chi connectivity index (χ3n) is 5.03. The fraction of sp³-hybridized carbons (Fsp3) is 0.400. The zero-order valence-electron chi connectivity index (χ0n) is 16.6. The van der Waals surface area contributed by atoms with E-state index >= 15 is 0 Å². The number of cyclic esters (lactones) is 1. The molecule has 1 atom stereocenters. The van der Waals surface area contributed by atoms with Crippen molar-refractivity contribution >= 4 is 12.0 Å². The van der Waals surface area contributed by atoms with Crippen molar-refractivity contribution in [2.45, 2.75) is 39.4 Å². The number of nitrogens with zero attached hydrogens (tertiary/aromatic N) is 4. The number of benzene rings is 1. The quantitative estimate of drug-likeness (QED) is 0.751. The maximum atomic E-state index is 12.9. The summed E-state index contributed by atoms with van der Waals surface area (Å²) in [5, 5.41) is 11.0. The van der Waals surface area contributed by atoms with Gasteiger partial charge in [0.2, 0.25) is 0 Å². The van der Waals surface area contributed by atoms with Crippen molar-refractivity contribution in [3.05, 3.63) is 53.3 Å². The van der Waals surface area contributed by atoms with Crippen LogP contribution in [-0.2, 0) is 16.1 Å². The Hall–Kier alpha value is -3.36. The molecular formula is C20H23N5O4. The first-order valence-corrected chi connectivity index (χ1v) is 9.59. The van der Waals surface area contributed by atoms with E-state index in [1.54, 1.807) is 6.33 Å². The Labute approximate surface area is 168 Å². The van der Waals surface area contributed by atoms with Crippen LogP contribution in [-0.4, -0.2) is 44.9 Å². The fourth-order valence-electron chi connectivity index (χ4n) is 3.60. The van der Waals surface area contributed by atoms with E-state index in [-0.39, 0.29) is 25.2 Å². The van der Waals surface area contributed by atoms with Crippen LogP contribution in [0.5, 0.6) is 5.75 Å². The van der Waals surface area contributed by atoms with E-state index in [4.69, 9.17) is 9.47 Å². The molecule has 0 radical (unpaired) electrons. The highest BCUT2D eigenvalue weighted by molar-refractivity contribution is 5.97. The number of amides is 2. The molecule has 2 amide bonds. The molecule has 0 unspecified atom stereocenters. The Morgan fingerprint density at radius 3 is 2.72 bits per heavy atom. The third kappa shape index (κ3) is 3.43. The Bertz CT molecular complexity index is 964. The average Bonchev–Trinajstić information content (AvgIpc) is 3.32. The van der Waals surface area contributed by atoms with Crippen LogP contribution >= 0.6 is 0 Å². The summed E-state index contributed by atoms with van der Waals surface area (Å²) in [7, 11) is 0. The first kappa shape index (κ1) is 19.0. The molecule has 152 valence electrons. The van der Waals surface area contributed by atoms with Crippen molar-refractivity contribution in [2.24, 2.45) is 0 Å². The summed E-state index contributed by atoms with van der Waals surface area (Å²) in [5.74, 6) is 0.950. The predicted octanol–water partition coefficient (Wildman–Crippen LogP) is 2.34. The number of hydrogen-bond acceptors (Lipinski definition) is 6. The van der Waals surface area contributed by atoms with Crippen LogP contribution in [0.25, 0.3) is 0 Å². The summed E-state index contributed by atoms with van der Waals surface area (Å²) in [6, 6.07) is 6.61. The van der Waals surface area contributed by atoms with Crippen molar-refractivity contribution in [2.75, 3.05) is 13.2 Å². The monoisotopic (exact) mass is 397 g/mol. The van der Waals surface area contributed by atoms with Gasteiger partial charge in [0, 0.05) is 6.04 Å². The molecule has 9 nitrogen and oxygen atoms in total. The van der Waals surface area contributed by atoms with E-state index in [2.05, 4.69) is 15.5 Å². The first-order chi connectivity index (χ1) is 14.0. The highest BCUT2D eigenvalue weighted by atomic mass is 16.5. The number of nitrogens with one attached hydrogen (secondary N) is 1. The maximum Gasteiger partial charge on any atom is 0.338 e. The van der Waals surface area contributed by atoms with Crippen LogP contribution in [0.4, 0.5) is 4.79 Å². The molecule has 9 heteroatoms. The van der Waals surface area contributed by atoms with E-state index in [0.29, 0.717) is 23.7 Å².